The maximum absolute atomic E-state index is 12.6. The molecule has 1 aliphatic heterocycles. The van der Waals surface area contributed by atoms with E-state index in [2.05, 4.69) is 26.6 Å². The molecule has 1 atom stereocenters. The van der Waals surface area contributed by atoms with Crippen molar-refractivity contribution >= 4 is 22.6 Å². The van der Waals surface area contributed by atoms with Crippen LogP contribution in [0.25, 0.3) is 0 Å². The molecule has 132 valence electrons. The molecule has 7 heteroatoms. The Hall–Kier alpha value is -1.73. The van der Waals surface area contributed by atoms with Crippen LogP contribution in [0.4, 0.5) is 11.6 Å². The summed E-state index contributed by atoms with van der Waals surface area (Å²) in [6, 6.07) is 2.42. The number of aromatic amines is 1. The first-order chi connectivity index (χ1) is 12.3. The van der Waals surface area contributed by atoms with Crippen molar-refractivity contribution in [3.05, 3.63) is 28.3 Å². The number of benzene rings is 1. The standard InChI is InChI=1S/C18H23N5OS/c24-25(23-9-1-2-10-23)18-20-17(21-22-18)19-16-14-7-3-5-12(14)11-13-6-4-8-15(13)16/h11H,1-10H2,(H2,19,20,21,22). The molecule has 1 saturated heterocycles. The summed E-state index contributed by atoms with van der Waals surface area (Å²) in [6.45, 7) is 1.74. The van der Waals surface area contributed by atoms with E-state index < -0.39 is 11.0 Å². The highest BCUT2D eigenvalue weighted by atomic mass is 32.2. The molecular weight excluding hydrogens is 334 g/mol. The van der Waals surface area contributed by atoms with E-state index in [4.69, 9.17) is 0 Å². The molecule has 2 aliphatic carbocycles. The third kappa shape index (κ3) is 2.69. The Labute approximate surface area is 150 Å². The van der Waals surface area contributed by atoms with Crippen molar-refractivity contribution in [3.8, 4) is 0 Å². The van der Waals surface area contributed by atoms with E-state index in [0.717, 1.165) is 38.8 Å². The highest BCUT2D eigenvalue weighted by Gasteiger charge is 2.26. The normalized spacial score (nSPS) is 20.6. The Morgan fingerprint density at radius 1 is 1.00 bits per heavy atom. The van der Waals surface area contributed by atoms with E-state index in [0.29, 0.717) is 11.1 Å². The van der Waals surface area contributed by atoms with Gasteiger partial charge in [0.2, 0.25) is 11.1 Å². The van der Waals surface area contributed by atoms with Crippen molar-refractivity contribution in [2.45, 2.75) is 56.5 Å². The van der Waals surface area contributed by atoms with E-state index in [-0.39, 0.29) is 0 Å². The number of fused-ring (bicyclic) bond motifs is 2. The van der Waals surface area contributed by atoms with E-state index in [1.165, 1.54) is 53.6 Å². The molecule has 25 heavy (non-hydrogen) atoms. The number of aryl methyl sites for hydroxylation is 2. The van der Waals surface area contributed by atoms with Gasteiger partial charge >= 0.3 is 0 Å². The van der Waals surface area contributed by atoms with Gasteiger partial charge in [-0.25, -0.2) is 13.6 Å². The number of hydrogen-bond donors (Lipinski definition) is 2. The molecule has 3 aliphatic rings. The van der Waals surface area contributed by atoms with Gasteiger partial charge in [0.1, 0.15) is 0 Å². The fraction of sp³-hybridized carbons (Fsp3) is 0.556. The predicted molar refractivity (Wildman–Crippen MR) is 97.4 cm³/mol. The smallest absolute Gasteiger partial charge is 0.247 e. The molecule has 5 rings (SSSR count). The third-order valence-corrected chi connectivity index (χ3v) is 6.99. The van der Waals surface area contributed by atoms with Crippen LogP contribution in [-0.2, 0) is 36.7 Å². The lowest BCUT2D eigenvalue weighted by atomic mass is 9.99. The van der Waals surface area contributed by atoms with Gasteiger partial charge in [-0.15, -0.1) is 5.10 Å². The number of nitrogens with one attached hydrogen (secondary N) is 2. The molecule has 2 heterocycles. The van der Waals surface area contributed by atoms with E-state index >= 15 is 0 Å². The van der Waals surface area contributed by atoms with Crippen LogP contribution in [0.2, 0.25) is 0 Å². The molecule has 2 N–H and O–H groups in total. The van der Waals surface area contributed by atoms with Crippen molar-refractivity contribution in [1.82, 2.24) is 19.5 Å². The third-order valence-electron chi connectivity index (χ3n) is 5.64. The number of hydrogen-bond acceptors (Lipinski definition) is 4. The Balaban J connectivity index is 1.44. The minimum Gasteiger partial charge on any atom is -0.322 e. The second kappa shape index (κ2) is 6.21. The zero-order valence-corrected chi connectivity index (χ0v) is 15.1. The lowest BCUT2D eigenvalue weighted by molar-refractivity contribution is 0.530. The molecule has 1 unspecified atom stereocenters. The van der Waals surface area contributed by atoms with Crippen LogP contribution in [0.1, 0.15) is 47.9 Å². The molecule has 0 spiro atoms. The van der Waals surface area contributed by atoms with Crippen LogP contribution in [0.3, 0.4) is 0 Å². The molecule has 2 aromatic rings. The lowest BCUT2D eigenvalue weighted by Gasteiger charge is -2.15. The second-order valence-electron chi connectivity index (χ2n) is 7.21. The first-order valence-electron chi connectivity index (χ1n) is 9.32. The van der Waals surface area contributed by atoms with Gasteiger partial charge in [0, 0.05) is 18.8 Å². The molecule has 0 bridgehead atoms. The minimum atomic E-state index is -1.23. The van der Waals surface area contributed by atoms with Crippen molar-refractivity contribution in [2.24, 2.45) is 0 Å². The largest absolute Gasteiger partial charge is 0.322 e. The summed E-state index contributed by atoms with van der Waals surface area (Å²) in [5.41, 5.74) is 7.07. The molecule has 1 aromatic carbocycles. The van der Waals surface area contributed by atoms with Crippen molar-refractivity contribution in [3.63, 3.8) is 0 Å². The Bertz CT molecular complexity index is 808. The Kier molecular flexibility index (Phi) is 3.86. The number of anilines is 2. The molecular formula is C18H23N5OS. The quantitative estimate of drug-likeness (QED) is 0.882. The maximum Gasteiger partial charge on any atom is 0.247 e. The van der Waals surface area contributed by atoms with Crippen LogP contribution in [0, 0.1) is 0 Å². The first kappa shape index (κ1) is 15.5. The Morgan fingerprint density at radius 3 is 2.36 bits per heavy atom. The second-order valence-corrected chi connectivity index (χ2v) is 8.61. The molecule has 0 saturated carbocycles. The zero-order chi connectivity index (χ0) is 16.8. The number of nitrogens with zero attached hydrogens (tertiary/aromatic N) is 3. The van der Waals surface area contributed by atoms with Gasteiger partial charge in [-0.3, -0.25) is 0 Å². The summed E-state index contributed by atoms with van der Waals surface area (Å²) in [4.78, 5) is 4.48. The Morgan fingerprint density at radius 2 is 1.68 bits per heavy atom. The fourth-order valence-electron chi connectivity index (χ4n) is 4.44. The molecule has 0 radical (unpaired) electrons. The predicted octanol–water partition coefficient (Wildman–Crippen LogP) is 2.64. The summed E-state index contributed by atoms with van der Waals surface area (Å²) in [7, 11) is -1.23. The summed E-state index contributed by atoms with van der Waals surface area (Å²) in [5, 5.41) is 11.1. The molecule has 0 amide bonds. The van der Waals surface area contributed by atoms with E-state index in [1.807, 2.05) is 4.31 Å². The number of H-pyrrole nitrogens is 1. The van der Waals surface area contributed by atoms with Crippen molar-refractivity contribution < 1.29 is 4.21 Å². The average Bonchev–Trinajstić information content (AvgIpc) is 3.39. The van der Waals surface area contributed by atoms with Gasteiger partial charge in [-0.2, -0.15) is 4.98 Å². The van der Waals surface area contributed by atoms with Crippen molar-refractivity contribution in [2.75, 3.05) is 18.4 Å². The van der Waals surface area contributed by atoms with Gasteiger partial charge in [0.15, 0.2) is 11.0 Å². The highest BCUT2D eigenvalue weighted by molar-refractivity contribution is 7.82. The lowest BCUT2D eigenvalue weighted by Crippen LogP contribution is -2.22. The number of aromatic nitrogens is 3. The average molecular weight is 357 g/mol. The molecule has 6 nitrogen and oxygen atoms in total. The van der Waals surface area contributed by atoms with Gasteiger partial charge in [-0.05, 0) is 73.6 Å². The highest BCUT2D eigenvalue weighted by Crippen LogP contribution is 2.39. The topological polar surface area (TPSA) is 73.9 Å². The fourth-order valence-corrected chi connectivity index (χ4v) is 5.56. The van der Waals surface area contributed by atoms with Crippen molar-refractivity contribution in [1.29, 1.82) is 0 Å². The van der Waals surface area contributed by atoms with Gasteiger partial charge in [0.05, 0.1) is 0 Å². The summed E-state index contributed by atoms with van der Waals surface area (Å²) in [5.74, 6) is 0.539. The SMILES string of the molecule is O=S(c1nc(Nc2c3c(cc4c2CCC4)CCC3)n[nH]1)N1CCCC1. The van der Waals surface area contributed by atoms with Crippen LogP contribution in [-0.4, -0.2) is 36.8 Å². The monoisotopic (exact) mass is 357 g/mol. The molecule has 1 fully saturated rings. The van der Waals surface area contributed by atoms with Crippen LogP contribution in [0.15, 0.2) is 11.2 Å². The maximum atomic E-state index is 12.6. The molecule has 1 aromatic heterocycles. The minimum absolute atomic E-state index is 0.452. The summed E-state index contributed by atoms with van der Waals surface area (Å²) >= 11 is 0. The van der Waals surface area contributed by atoms with Crippen LogP contribution >= 0.6 is 0 Å². The van der Waals surface area contributed by atoms with E-state index in [9.17, 15) is 4.21 Å². The number of rotatable bonds is 4. The van der Waals surface area contributed by atoms with E-state index in [1.54, 1.807) is 0 Å². The first-order valence-corrected chi connectivity index (χ1v) is 10.4. The van der Waals surface area contributed by atoms with Gasteiger partial charge in [-0.1, -0.05) is 6.07 Å². The van der Waals surface area contributed by atoms with Gasteiger partial charge in [0.25, 0.3) is 0 Å². The zero-order valence-electron chi connectivity index (χ0n) is 14.3. The van der Waals surface area contributed by atoms with Gasteiger partial charge < -0.3 is 5.32 Å². The van der Waals surface area contributed by atoms with Crippen LogP contribution < -0.4 is 5.32 Å². The summed E-state index contributed by atoms with van der Waals surface area (Å²) in [6.07, 6.45) is 9.27. The summed E-state index contributed by atoms with van der Waals surface area (Å²) < 4.78 is 14.5. The van der Waals surface area contributed by atoms with Crippen LogP contribution in [0.5, 0.6) is 0 Å².